The first-order valence-corrected chi connectivity index (χ1v) is 7.35. The molecule has 0 heterocycles. The molecule has 6 heteroatoms. The summed E-state index contributed by atoms with van der Waals surface area (Å²) < 4.78 is 0. The molecule has 1 N–H and O–H groups in total. The molecule has 6 nitrogen and oxygen atoms in total. The van der Waals surface area contributed by atoms with Crippen molar-refractivity contribution in [1.29, 1.82) is 5.26 Å². The standard InChI is InChI=1S/C15H22N2O4/c1-3-17(13(19)12(10-16)11(2)18)15(14(20)21)8-6-4-5-7-9-15/h12H,3-9H2,1-2H3,(H,20,21). The molecular weight excluding hydrogens is 272 g/mol. The normalized spacial score (nSPS) is 18.9. The fourth-order valence-corrected chi connectivity index (χ4v) is 3.06. The first kappa shape index (κ1) is 17.2. The Labute approximate surface area is 124 Å². The van der Waals surface area contributed by atoms with Crippen LogP contribution in [-0.4, -0.2) is 39.7 Å². The molecule has 0 aromatic rings. The van der Waals surface area contributed by atoms with E-state index in [0.29, 0.717) is 12.8 Å². The number of nitriles is 1. The topological polar surface area (TPSA) is 98.5 Å². The summed E-state index contributed by atoms with van der Waals surface area (Å²) >= 11 is 0. The van der Waals surface area contributed by atoms with Crippen LogP contribution in [0.1, 0.15) is 52.4 Å². The van der Waals surface area contributed by atoms with Crippen molar-refractivity contribution in [2.45, 2.75) is 57.9 Å². The van der Waals surface area contributed by atoms with Crippen LogP contribution in [0.2, 0.25) is 0 Å². The van der Waals surface area contributed by atoms with E-state index in [9.17, 15) is 19.5 Å². The maximum absolute atomic E-state index is 12.5. The van der Waals surface area contributed by atoms with Gasteiger partial charge in [0.25, 0.3) is 0 Å². The Morgan fingerprint density at radius 1 is 1.24 bits per heavy atom. The lowest BCUT2D eigenvalue weighted by Gasteiger charge is -2.40. The molecule has 0 saturated heterocycles. The van der Waals surface area contributed by atoms with Crippen LogP contribution in [0.25, 0.3) is 0 Å². The van der Waals surface area contributed by atoms with Crippen molar-refractivity contribution < 1.29 is 19.5 Å². The summed E-state index contributed by atoms with van der Waals surface area (Å²) in [4.78, 5) is 37.0. The second-order valence-electron chi connectivity index (χ2n) is 5.51. The number of Topliss-reactive ketones (excluding diaryl/α,β-unsaturated/α-hetero) is 1. The van der Waals surface area contributed by atoms with Gasteiger partial charge in [0.1, 0.15) is 5.54 Å². The second-order valence-corrected chi connectivity index (χ2v) is 5.51. The van der Waals surface area contributed by atoms with Crippen LogP contribution in [0.4, 0.5) is 0 Å². The molecule has 1 aliphatic carbocycles. The lowest BCUT2D eigenvalue weighted by Crippen LogP contribution is -2.58. The van der Waals surface area contributed by atoms with Gasteiger partial charge >= 0.3 is 5.97 Å². The van der Waals surface area contributed by atoms with E-state index >= 15 is 0 Å². The molecule has 1 rings (SSSR count). The Morgan fingerprint density at radius 2 is 1.76 bits per heavy atom. The third-order valence-corrected chi connectivity index (χ3v) is 4.21. The summed E-state index contributed by atoms with van der Waals surface area (Å²) in [6.07, 6.45) is 4.08. The highest BCUT2D eigenvalue weighted by Gasteiger charge is 2.47. The Balaban J connectivity index is 3.19. The van der Waals surface area contributed by atoms with Crippen molar-refractivity contribution >= 4 is 17.7 Å². The van der Waals surface area contributed by atoms with Gasteiger partial charge < -0.3 is 10.0 Å². The molecule has 21 heavy (non-hydrogen) atoms. The van der Waals surface area contributed by atoms with Gasteiger partial charge in [-0.15, -0.1) is 0 Å². The fraction of sp³-hybridized carbons (Fsp3) is 0.733. The molecule has 1 atom stereocenters. The van der Waals surface area contributed by atoms with Crippen LogP contribution in [0.3, 0.4) is 0 Å². The van der Waals surface area contributed by atoms with E-state index in [2.05, 4.69) is 0 Å². The van der Waals surface area contributed by atoms with E-state index in [4.69, 9.17) is 5.26 Å². The van der Waals surface area contributed by atoms with Gasteiger partial charge in [-0.05, 0) is 26.7 Å². The van der Waals surface area contributed by atoms with Crippen molar-refractivity contribution in [3.05, 3.63) is 0 Å². The van der Waals surface area contributed by atoms with E-state index in [1.807, 2.05) is 0 Å². The number of carboxylic acid groups (broad SMARTS) is 1. The third-order valence-electron chi connectivity index (χ3n) is 4.21. The predicted molar refractivity (Wildman–Crippen MR) is 75.2 cm³/mol. The molecule has 0 radical (unpaired) electrons. The Bertz CT molecular complexity index is 459. The highest BCUT2D eigenvalue weighted by atomic mass is 16.4. The number of ketones is 1. The van der Waals surface area contributed by atoms with E-state index in [0.717, 1.165) is 25.7 Å². The van der Waals surface area contributed by atoms with Crippen molar-refractivity contribution in [1.82, 2.24) is 4.90 Å². The number of aliphatic carboxylic acids is 1. The molecule has 0 spiro atoms. The highest BCUT2D eigenvalue weighted by Crippen LogP contribution is 2.34. The van der Waals surface area contributed by atoms with E-state index in [1.54, 1.807) is 13.0 Å². The van der Waals surface area contributed by atoms with Crippen molar-refractivity contribution in [3.63, 3.8) is 0 Å². The number of likely N-dealkylation sites (N-methyl/N-ethyl adjacent to an activating group) is 1. The Kier molecular flexibility index (Phi) is 5.89. The monoisotopic (exact) mass is 294 g/mol. The van der Waals surface area contributed by atoms with Gasteiger partial charge in [-0.1, -0.05) is 25.7 Å². The molecule has 116 valence electrons. The number of hydrogen-bond donors (Lipinski definition) is 1. The van der Waals surface area contributed by atoms with Crippen molar-refractivity contribution in [2.24, 2.45) is 5.92 Å². The average molecular weight is 294 g/mol. The maximum atomic E-state index is 12.5. The van der Waals surface area contributed by atoms with Crippen LogP contribution in [0.15, 0.2) is 0 Å². The van der Waals surface area contributed by atoms with E-state index in [-0.39, 0.29) is 6.54 Å². The minimum Gasteiger partial charge on any atom is -0.479 e. The zero-order valence-electron chi connectivity index (χ0n) is 12.6. The van der Waals surface area contributed by atoms with Crippen LogP contribution >= 0.6 is 0 Å². The lowest BCUT2D eigenvalue weighted by atomic mass is 9.86. The summed E-state index contributed by atoms with van der Waals surface area (Å²) in [5, 5.41) is 18.7. The van der Waals surface area contributed by atoms with Gasteiger partial charge in [0.2, 0.25) is 5.91 Å². The molecule has 1 fully saturated rings. The number of amides is 1. The van der Waals surface area contributed by atoms with Gasteiger partial charge in [-0.3, -0.25) is 9.59 Å². The van der Waals surface area contributed by atoms with Gasteiger partial charge in [0.15, 0.2) is 11.7 Å². The number of rotatable bonds is 5. The second kappa shape index (κ2) is 7.21. The number of carboxylic acids is 1. The molecule has 1 saturated carbocycles. The van der Waals surface area contributed by atoms with Gasteiger partial charge in [0.05, 0.1) is 6.07 Å². The summed E-state index contributed by atoms with van der Waals surface area (Å²) in [6, 6.07) is 1.69. The van der Waals surface area contributed by atoms with Crippen LogP contribution in [0.5, 0.6) is 0 Å². The minimum atomic E-state index is -1.41. The largest absolute Gasteiger partial charge is 0.479 e. The first-order chi connectivity index (χ1) is 9.90. The number of nitrogens with zero attached hydrogens (tertiary/aromatic N) is 2. The van der Waals surface area contributed by atoms with E-state index < -0.39 is 29.1 Å². The van der Waals surface area contributed by atoms with Gasteiger partial charge in [-0.2, -0.15) is 5.26 Å². The molecule has 0 aromatic carbocycles. The summed E-state index contributed by atoms with van der Waals surface area (Å²) in [5.74, 6) is -3.68. The summed E-state index contributed by atoms with van der Waals surface area (Å²) in [7, 11) is 0. The molecule has 1 aliphatic rings. The lowest BCUT2D eigenvalue weighted by molar-refractivity contribution is -0.162. The van der Waals surface area contributed by atoms with Crippen LogP contribution in [0, 0.1) is 17.2 Å². The quantitative estimate of drug-likeness (QED) is 0.615. The fourth-order valence-electron chi connectivity index (χ4n) is 3.06. The van der Waals surface area contributed by atoms with Crippen molar-refractivity contribution in [3.8, 4) is 6.07 Å². The average Bonchev–Trinajstić information content (AvgIpc) is 2.67. The molecule has 0 aromatic heterocycles. The zero-order valence-corrected chi connectivity index (χ0v) is 12.6. The van der Waals surface area contributed by atoms with Crippen LogP contribution in [-0.2, 0) is 14.4 Å². The number of hydrogen-bond acceptors (Lipinski definition) is 4. The SMILES string of the molecule is CCN(C(=O)C(C#N)C(C)=O)C1(C(=O)O)CCCCCC1. The van der Waals surface area contributed by atoms with Crippen LogP contribution < -0.4 is 0 Å². The Morgan fingerprint density at radius 3 is 2.10 bits per heavy atom. The zero-order chi connectivity index (χ0) is 16.0. The molecule has 1 amide bonds. The minimum absolute atomic E-state index is 0.177. The summed E-state index contributed by atoms with van der Waals surface area (Å²) in [6.45, 7) is 3.04. The highest BCUT2D eigenvalue weighted by molar-refractivity contribution is 6.04. The van der Waals surface area contributed by atoms with Gasteiger partial charge in [-0.25, -0.2) is 4.79 Å². The molecule has 0 aliphatic heterocycles. The van der Waals surface area contributed by atoms with Gasteiger partial charge in [0, 0.05) is 6.54 Å². The first-order valence-electron chi connectivity index (χ1n) is 7.35. The van der Waals surface area contributed by atoms with E-state index in [1.165, 1.54) is 11.8 Å². The maximum Gasteiger partial charge on any atom is 0.329 e. The molecule has 0 bridgehead atoms. The number of carbonyl (C=O) groups is 3. The molecular formula is C15H22N2O4. The smallest absolute Gasteiger partial charge is 0.329 e. The molecule has 1 unspecified atom stereocenters. The third kappa shape index (κ3) is 3.41. The predicted octanol–water partition coefficient (Wildman–Crippen LogP) is 1.74. The summed E-state index contributed by atoms with van der Waals surface area (Å²) in [5.41, 5.74) is -1.28. The Hall–Kier alpha value is -1.90. The number of carbonyl (C=O) groups excluding carboxylic acids is 2. The van der Waals surface area contributed by atoms with Crippen molar-refractivity contribution in [2.75, 3.05) is 6.54 Å².